The van der Waals surface area contributed by atoms with E-state index in [9.17, 15) is 13.2 Å². The summed E-state index contributed by atoms with van der Waals surface area (Å²) in [5.74, 6) is 4.66. The van der Waals surface area contributed by atoms with E-state index in [1.54, 1.807) is 18.2 Å². The summed E-state index contributed by atoms with van der Waals surface area (Å²) in [5.41, 5.74) is 4.13. The molecule has 0 amide bonds. The highest BCUT2D eigenvalue weighted by molar-refractivity contribution is 5.85. The molecule has 0 saturated heterocycles. The third kappa shape index (κ3) is 7.38. The lowest BCUT2D eigenvalue weighted by atomic mass is 9.99. The molecule has 0 N–H and O–H groups in total. The Morgan fingerprint density at radius 2 is 1.45 bits per heavy atom. The van der Waals surface area contributed by atoms with E-state index in [0.717, 1.165) is 29.0 Å². The Morgan fingerprint density at radius 1 is 0.711 bits per heavy atom. The van der Waals surface area contributed by atoms with Crippen LogP contribution in [0.5, 0.6) is 5.75 Å². The van der Waals surface area contributed by atoms with Gasteiger partial charge in [0.1, 0.15) is 5.82 Å². The molecule has 0 spiro atoms. The molecule has 1 nitrogen and oxygen atoms in total. The molecule has 5 heteroatoms. The van der Waals surface area contributed by atoms with Crippen LogP contribution in [0.4, 0.5) is 17.6 Å². The van der Waals surface area contributed by atoms with Crippen molar-refractivity contribution in [2.45, 2.75) is 58.5 Å². The third-order valence-electron chi connectivity index (χ3n) is 6.55. The first-order valence-electron chi connectivity index (χ1n) is 13.0. The van der Waals surface area contributed by atoms with E-state index >= 15 is 4.39 Å². The van der Waals surface area contributed by atoms with Gasteiger partial charge in [-0.2, -0.15) is 8.78 Å². The molecule has 4 rings (SSSR count). The first-order valence-corrected chi connectivity index (χ1v) is 13.0. The standard InChI is InChI=1S/C33H30F4O/c1-2-3-4-5-6-23-7-9-24(10-8-23)11-12-25-14-19-29-28(21-25)18-17-27(32(29)35)16-13-26-15-20-31(30(34)22-26)38-33(36)37/h7-10,14-15,17-22,33H,2-6,13,16H2,1H3. The number of benzene rings is 4. The normalized spacial score (nSPS) is 11.0. The average Bonchev–Trinajstić information content (AvgIpc) is 2.91. The number of rotatable bonds is 10. The second kappa shape index (κ2) is 13.1. The van der Waals surface area contributed by atoms with Gasteiger partial charge < -0.3 is 4.74 Å². The van der Waals surface area contributed by atoms with E-state index in [4.69, 9.17) is 0 Å². The zero-order valence-electron chi connectivity index (χ0n) is 21.4. The van der Waals surface area contributed by atoms with Gasteiger partial charge in [-0.25, -0.2) is 8.78 Å². The van der Waals surface area contributed by atoms with Gasteiger partial charge in [-0.15, -0.1) is 0 Å². The second-order valence-electron chi connectivity index (χ2n) is 9.38. The lowest BCUT2D eigenvalue weighted by Crippen LogP contribution is -2.04. The monoisotopic (exact) mass is 518 g/mol. The van der Waals surface area contributed by atoms with Gasteiger partial charge in [0.15, 0.2) is 11.6 Å². The molecule has 0 aliphatic rings. The maximum absolute atomic E-state index is 15.2. The van der Waals surface area contributed by atoms with Gasteiger partial charge in [-0.3, -0.25) is 0 Å². The van der Waals surface area contributed by atoms with Crippen LogP contribution >= 0.6 is 0 Å². The number of fused-ring (bicyclic) bond motifs is 1. The summed E-state index contributed by atoms with van der Waals surface area (Å²) in [6, 6.07) is 21.1. The number of halogens is 4. The number of alkyl halides is 2. The molecule has 0 radical (unpaired) electrons. The van der Waals surface area contributed by atoms with E-state index in [2.05, 4.69) is 35.6 Å². The highest BCUT2D eigenvalue weighted by atomic mass is 19.3. The molecule has 0 bridgehead atoms. The zero-order chi connectivity index (χ0) is 26.9. The van der Waals surface area contributed by atoms with E-state index in [1.165, 1.54) is 43.4 Å². The Morgan fingerprint density at radius 3 is 2.18 bits per heavy atom. The van der Waals surface area contributed by atoms with E-state index < -0.39 is 18.2 Å². The van der Waals surface area contributed by atoms with Crippen LogP contribution in [0.15, 0.2) is 72.8 Å². The van der Waals surface area contributed by atoms with Gasteiger partial charge in [0.05, 0.1) is 0 Å². The Kier molecular flexibility index (Phi) is 9.43. The number of aryl methyl sites for hydroxylation is 3. The highest BCUT2D eigenvalue weighted by Crippen LogP contribution is 2.25. The van der Waals surface area contributed by atoms with Crippen molar-refractivity contribution >= 4 is 10.8 Å². The Bertz CT molecular complexity index is 1430. The van der Waals surface area contributed by atoms with Crippen molar-refractivity contribution in [3.05, 3.63) is 112 Å². The topological polar surface area (TPSA) is 9.23 Å². The zero-order valence-corrected chi connectivity index (χ0v) is 21.4. The third-order valence-corrected chi connectivity index (χ3v) is 6.55. The lowest BCUT2D eigenvalue weighted by Gasteiger charge is -2.09. The van der Waals surface area contributed by atoms with E-state index in [0.29, 0.717) is 29.4 Å². The summed E-state index contributed by atoms with van der Waals surface area (Å²) in [4.78, 5) is 0. The summed E-state index contributed by atoms with van der Waals surface area (Å²) in [6.45, 7) is -0.880. The minimum Gasteiger partial charge on any atom is -0.432 e. The van der Waals surface area contributed by atoms with E-state index in [1.807, 2.05) is 24.3 Å². The van der Waals surface area contributed by atoms with Crippen LogP contribution < -0.4 is 4.74 Å². The minimum atomic E-state index is -3.09. The average molecular weight is 519 g/mol. The van der Waals surface area contributed by atoms with Gasteiger partial charge in [-0.05, 0) is 84.2 Å². The number of hydrogen-bond acceptors (Lipinski definition) is 1. The Balaban J connectivity index is 1.41. The van der Waals surface area contributed by atoms with Crippen LogP contribution in [0.25, 0.3) is 10.8 Å². The summed E-state index contributed by atoms with van der Waals surface area (Å²) in [5, 5.41) is 1.24. The molecule has 4 aromatic rings. The van der Waals surface area contributed by atoms with Crippen LogP contribution in [0.2, 0.25) is 0 Å². The Hall–Kier alpha value is -3.78. The van der Waals surface area contributed by atoms with E-state index in [-0.39, 0.29) is 5.82 Å². The summed E-state index contributed by atoms with van der Waals surface area (Å²) >= 11 is 0. The van der Waals surface area contributed by atoms with Gasteiger partial charge in [-0.1, -0.05) is 74.4 Å². The fourth-order valence-corrected chi connectivity index (χ4v) is 4.43. The predicted octanol–water partition coefficient (Wildman–Crippen LogP) is 9.03. The quantitative estimate of drug-likeness (QED) is 0.116. The van der Waals surface area contributed by atoms with Gasteiger partial charge in [0.25, 0.3) is 0 Å². The van der Waals surface area contributed by atoms with Crippen LogP contribution in [0.1, 0.15) is 60.4 Å². The molecule has 0 saturated carbocycles. The van der Waals surface area contributed by atoms with Gasteiger partial charge >= 0.3 is 6.61 Å². The fourth-order valence-electron chi connectivity index (χ4n) is 4.43. The summed E-state index contributed by atoms with van der Waals surface area (Å²) in [6.07, 6.45) is 6.77. The molecule has 0 unspecified atom stereocenters. The minimum absolute atomic E-state index is 0.324. The highest BCUT2D eigenvalue weighted by Gasteiger charge is 2.12. The van der Waals surface area contributed by atoms with Crippen LogP contribution in [0, 0.1) is 23.5 Å². The van der Waals surface area contributed by atoms with Crippen molar-refractivity contribution in [3.8, 4) is 17.6 Å². The smallest absolute Gasteiger partial charge is 0.387 e. The van der Waals surface area contributed by atoms with Crippen molar-refractivity contribution in [3.63, 3.8) is 0 Å². The van der Waals surface area contributed by atoms with Crippen molar-refractivity contribution in [2.24, 2.45) is 0 Å². The van der Waals surface area contributed by atoms with Crippen LogP contribution in [-0.4, -0.2) is 6.61 Å². The summed E-state index contributed by atoms with van der Waals surface area (Å²) < 4.78 is 57.9. The number of unbranched alkanes of at least 4 members (excludes halogenated alkanes) is 3. The molecule has 0 atom stereocenters. The second-order valence-corrected chi connectivity index (χ2v) is 9.38. The van der Waals surface area contributed by atoms with Crippen LogP contribution in [-0.2, 0) is 19.3 Å². The maximum atomic E-state index is 15.2. The van der Waals surface area contributed by atoms with Gasteiger partial charge in [0, 0.05) is 16.5 Å². The molecule has 0 aliphatic carbocycles. The fraction of sp³-hybridized carbons (Fsp3) is 0.273. The van der Waals surface area contributed by atoms with Crippen molar-refractivity contribution < 1.29 is 22.3 Å². The number of ether oxygens (including phenoxy) is 1. The molecular weight excluding hydrogens is 488 g/mol. The van der Waals surface area contributed by atoms with Crippen molar-refractivity contribution in [2.75, 3.05) is 0 Å². The molecule has 0 fully saturated rings. The first kappa shape index (κ1) is 27.3. The molecule has 38 heavy (non-hydrogen) atoms. The maximum Gasteiger partial charge on any atom is 0.387 e. The van der Waals surface area contributed by atoms with Crippen molar-refractivity contribution in [1.82, 2.24) is 0 Å². The van der Waals surface area contributed by atoms with Gasteiger partial charge in [0.2, 0.25) is 0 Å². The Labute approximate surface area is 221 Å². The van der Waals surface area contributed by atoms with Crippen molar-refractivity contribution in [1.29, 1.82) is 0 Å². The largest absolute Gasteiger partial charge is 0.432 e. The molecule has 0 aliphatic heterocycles. The molecule has 196 valence electrons. The number of hydrogen-bond donors (Lipinski definition) is 0. The lowest BCUT2D eigenvalue weighted by molar-refractivity contribution is -0.0522. The molecule has 4 aromatic carbocycles. The van der Waals surface area contributed by atoms with Crippen LogP contribution in [0.3, 0.4) is 0 Å². The molecule has 0 aromatic heterocycles. The predicted molar refractivity (Wildman–Crippen MR) is 145 cm³/mol. The molecule has 0 heterocycles. The first-order chi connectivity index (χ1) is 18.4. The SMILES string of the molecule is CCCCCCc1ccc(C#Cc2ccc3c(F)c(CCc4ccc(OC(F)F)c(F)c4)ccc3c2)cc1. The summed E-state index contributed by atoms with van der Waals surface area (Å²) in [7, 11) is 0. The molecular formula is C33H30F4O.